The molecule has 132 valence electrons. The molecule has 2 aromatic carbocycles. The van der Waals surface area contributed by atoms with Gasteiger partial charge in [-0.3, -0.25) is 4.79 Å². The van der Waals surface area contributed by atoms with Gasteiger partial charge in [-0.1, -0.05) is 18.2 Å². The number of alkyl halides is 3. The summed E-state index contributed by atoms with van der Waals surface area (Å²) in [5.74, 6) is -1.17. The van der Waals surface area contributed by atoms with Crippen molar-refractivity contribution in [3.8, 4) is 5.75 Å². The Balaban J connectivity index is 2.25. The lowest BCUT2D eigenvalue weighted by Gasteiger charge is -2.11. The van der Waals surface area contributed by atoms with Crippen LogP contribution in [0.4, 0.5) is 23.2 Å². The van der Waals surface area contributed by atoms with E-state index >= 15 is 0 Å². The lowest BCUT2D eigenvalue weighted by molar-refractivity contribution is -0.137. The molecule has 0 unspecified atom stereocenters. The van der Waals surface area contributed by atoms with Crippen molar-refractivity contribution < 1.29 is 27.1 Å². The van der Waals surface area contributed by atoms with Gasteiger partial charge in [0, 0.05) is 11.6 Å². The SMILES string of the molecule is COc1ccccc1/C(C)=C/C(=O)Nc1cc(C(F)(F)F)ccc1F. The van der Waals surface area contributed by atoms with Crippen LogP contribution in [0.25, 0.3) is 5.57 Å². The highest BCUT2D eigenvalue weighted by Crippen LogP contribution is 2.32. The number of nitrogens with one attached hydrogen (secondary N) is 1. The number of hydrogen-bond donors (Lipinski definition) is 1. The zero-order chi connectivity index (χ0) is 18.6. The second-order valence-electron chi connectivity index (χ2n) is 5.21. The molecule has 25 heavy (non-hydrogen) atoms. The van der Waals surface area contributed by atoms with Crippen LogP contribution in [0.1, 0.15) is 18.1 Å². The summed E-state index contributed by atoms with van der Waals surface area (Å²) >= 11 is 0. The maximum Gasteiger partial charge on any atom is 0.416 e. The average Bonchev–Trinajstić information content (AvgIpc) is 2.55. The molecule has 3 nitrogen and oxygen atoms in total. The Labute approximate surface area is 141 Å². The Morgan fingerprint density at radius 2 is 1.84 bits per heavy atom. The second-order valence-corrected chi connectivity index (χ2v) is 5.21. The third kappa shape index (κ3) is 4.59. The van der Waals surface area contributed by atoms with Gasteiger partial charge in [0.15, 0.2) is 0 Å². The topological polar surface area (TPSA) is 38.3 Å². The first-order valence-corrected chi connectivity index (χ1v) is 7.22. The van der Waals surface area contributed by atoms with E-state index in [1.54, 1.807) is 31.2 Å². The predicted octanol–water partition coefficient (Wildman–Crippen LogP) is 4.90. The van der Waals surface area contributed by atoms with Crippen molar-refractivity contribution in [2.75, 3.05) is 12.4 Å². The van der Waals surface area contributed by atoms with E-state index in [4.69, 9.17) is 4.74 Å². The van der Waals surface area contributed by atoms with Gasteiger partial charge in [-0.25, -0.2) is 4.39 Å². The number of methoxy groups -OCH3 is 1. The summed E-state index contributed by atoms with van der Waals surface area (Å²) in [6.45, 7) is 1.64. The van der Waals surface area contributed by atoms with Gasteiger partial charge in [-0.15, -0.1) is 0 Å². The first-order valence-electron chi connectivity index (χ1n) is 7.22. The van der Waals surface area contributed by atoms with Crippen LogP contribution >= 0.6 is 0 Å². The lowest BCUT2D eigenvalue weighted by atomic mass is 10.1. The Bertz CT molecular complexity index is 813. The van der Waals surface area contributed by atoms with E-state index in [9.17, 15) is 22.4 Å². The summed E-state index contributed by atoms with van der Waals surface area (Å²) in [7, 11) is 1.48. The maximum absolute atomic E-state index is 13.7. The molecule has 1 N–H and O–H groups in total. The molecule has 0 radical (unpaired) electrons. The molecular weight excluding hydrogens is 338 g/mol. The Kier molecular flexibility index (Phi) is 5.46. The molecule has 0 heterocycles. The number of benzene rings is 2. The van der Waals surface area contributed by atoms with Crippen LogP contribution in [-0.2, 0) is 11.0 Å². The van der Waals surface area contributed by atoms with Crippen molar-refractivity contribution >= 4 is 17.2 Å². The quantitative estimate of drug-likeness (QED) is 0.627. The first-order chi connectivity index (χ1) is 11.7. The molecule has 0 saturated heterocycles. The van der Waals surface area contributed by atoms with E-state index in [-0.39, 0.29) is 0 Å². The van der Waals surface area contributed by atoms with Crippen LogP contribution in [0, 0.1) is 5.82 Å². The highest BCUT2D eigenvalue weighted by atomic mass is 19.4. The van der Waals surface area contributed by atoms with E-state index in [0.717, 1.165) is 6.08 Å². The van der Waals surface area contributed by atoms with Crippen LogP contribution in [0.5, 0.6) is 5.75 Å². The van der Waals surface area contributed by atoms with Gasteiger partial charge in [-0.2, -0.15) is 13.2 Å². The summed E-state index contributed by atoms with van der Waals surface area (Å²) in [5.41, 5.74) is -0.425. The Morgan fingerprint density at radius 3 is 2.48 bits per heavy atom. The number of amides is 1. The molecule has 0 bridgehead atoms. The average molecular weight is 353 g/mol. The first kappa shape index (κ1) is 18.5. The van der Waals surface area contributed by atoms with Gasteiger partial charge in [0.25, 0.3) is 0 Å². The normalized spacial score (nSPS) is 12.0. The van der Waals surface area contributed by atoms with Crippen LogP contribution in [-0.4, -0.2) is 13.0 Å². The largest absolute Gasteiger partial charge is 0.496 e. The molecule has 0 atom stereocenters. The molecule has 1 amide bonds. The fraction of sp³-hybridized carbons (Fsp3) is 0.167. The van der Waals surface area contributed by atoms with Crippen LogP contribution in [0.15, 0.2) is 48.5 Å². The Hall–Kier alpha value is -2.83. The summed E-state index contributed by atoms with van der Waals surface area (Å²) in [5, 5.41) is 2.13. The monoisotopic (exact) mass is 353 g/mol. The molecule has 0 aliphatic rings. The number of carbonyl (C=O) groups excluding carboxylic acids is 1. The van der Waals surface area contributed by atoms with E-state index in [0.29, 0.717) is 35.1 Å². The van der Waals surface area contributed by atoms with Crippen molar-refractivity contribution in [3.05, 3.63) is 65.5 Å². The molecule has 0 aromatic heterocycles. The fourth-order valence-corrected chi connectivity index (χ4v) is 2.21. The third-order valence-corrected chi connectivity index (χ3v) is 3.43. The Morgan fingerprint density at radius 1 is 1.16 bits per heavy atom. The minimum absolute atomic E-state index is 0.516. The zero-order valence-corrected chi connectivity index (χ0v) is 13.4. The van der Waals surface area contributed by atoms with Crippen LogP contribution in [0.3, 0.4) is 0 Å². The van der Waals surface area contributed by atoms with Gasteiger partial charge in [0.05, 0.1) is 18.4 Å². The number of allylic oxidation sites excluding steroid dienone is 1. The highest BCUT2D eigenvalue weighted by Gasteiger charge is 2.31. The predicted molar refractivity (Wildman–Crippen MR) is 86.7 cm³/mol. The number of carbonyl (C=O) groups is 1. The summed E-state index contributed by atoms with van der Waals surface area (Å²) < 4.78 is 56.9. The van der Waals surface area contributed by atoms with Gasteiger partial charge in [0.1, 0.15) is 11.6 Å². The van der Waals surface area contributed by atoms with Gasteiger partial charge >= 0.3 is 6.18 Å². The van der Waals surface area contributed by atoms with E-state index < -0.39 is 29.2 Å². The molecule has 0 fully saturated rings. The van der Waals surface area contributed by atoms with Crippen molar-refractivity contribution in [3.63, 3.8) is 0 Å². The number of anilines is 1. The van der Waals surface area contributed by atoms with Gasteiger partial charge in [0.2, 0.25) is 5.91 Å². The van der Waals surface area contributed by atoms with E-state index in [2.05, 4.69) is 5.32 Å². The summed E-state index contributed by atoms with van der Waals surface area (Å²) in [4.78, 5) is 12.0. The number of para-hydroxylation sites is 1. The molecule has 0 saturated carbocycles. The summed E-state index contributed by atoms with van der Waals surface area (Å²) in [6.07, 6.45) is -3.46. The van der Waals surface area contributed by atoms with Crippen molar-refractivity contribution in [1.82, 2.24) is 0 Å². The van der Waals surface area contributed by atoms with E-state index in [1.165, 1.54) is 7.11 Å². The van der Waals surface area contributed by atoms with Crippen molar-refractivity contribution in [1.29, 1.82) is 0 Å². The minimum atomic E-state index is -4.63. The molecule has 0 aliphatic heterocycles. The molecule has 0 aliphatic carbocycles. The second kappa shape index (κ2) is 7.38. The molecular formula is C18H15F4NO2. The molecule has 2 aromatic rings. The molecule has 7 heteroatoms. The minimum Gasteiger partial charge on any atom is -0.496 e. The van der Waals surface area contributed by atoms with Crippen LogP contribution < -0.4 is 10.1 Å². The number of halogens is 4. The molecule has 0 spiro atoms. The lowest BCUT2D eigenvalue weighted by Crippen LogP contribution is -2.12. The fourth-order valence-electron chi connectivity index (χ4n) is 2.21. The number of rotatable bonds is 4. The van der Waals surface area contributed by atoms with Crippen molar-refractivity contribution in [2.24, 2.45) is 0 Å². The van der Waals surface area contributed by atoms with Crippen LogP contribution in [0.2, 0.25) is 0 Å². The smallest absolute Gasteiger partial charge is 0.416 e. The number of ether oxygens (including phenoxy) is 1. The number of hydrogen-bond acceptors (Lipinski definition) is 2. The zero-order valence-electron chi connectivity index (χ0n) is 13.4. The standard InChI is InChI=1S/C18H15F4NO2/c1-11(13-5-3-4-6-16(13)25-2)9-17(24)23-15-10-12(18(20,21)22)7-8-14(15)19/h3-10H,1-2H3,(H,23,24)/b11-9+. The molecule has 2 rings (SSSR count). The third-order valence-electron chi connectivity index (χ3n) is 3.43. The van der Waals surface area contributed by atoms with Crippen molar-refractivity contribution in [2.45, 2.75) is 13.1 Å². The van der Waals surface area contributed by atoms with E-state index in [1.807, 2.05) is 0 Å². The summed E-state index contributed by atoms with van der Waals surface area (Å²) in [6, 6.07) is 8.77. The van der Waals surface area contributed by atoms with Gasteiger partial charge < -0.3 is 10.1 Å². The van der Waals surface area contributed by atoms with Gasteiger partial charge in [-0.05, 0) is 36.8 Å². The maximum atomic E-state index is 13.7. The highest BCUT2D eigenvalue weighted by molar-refractivity contribution is 6.04.